The molecule has 3 aromatic carbocycles. The zero-order valence-corrected chi connectivity index (χ0v) is 22.9. The van der Waals surface area contributed by atoms with Crippen LogP contribution in [0.4, 0.5) is 11.5 Å². The quantitative estimate of drug-likeness (QED) is 0.170. The number of H-pyrrole nitrogens is 2. The molecule has 0 fully saturated rings. The number of aromatic nitrogens is 6. The Hall–Kier alpha value is -3.43. The highest BCUT2D eigenvalue weighted by Gasteiger charge is 2.10. The lowest BCUT2D eigenvalue weighted by Crippen LogP contribution is -1.95. The molecule has 11 heteroatoms. The summed E-state index contributed by atoms with van der Waals surface area (Å²) in [5.74, 6) is 0.773. The number of anilines is 2. The predicted molar refractivity (Wildman–Crippen MR) is 160 cm³/mol. The third kappa shape index (κ3) is 5.19. The first-order chi connectivity index (χ1) is 17.2. The van der Waals surface area contributed by atoms with Gasteiger partial charge in [-0.1, -0.05) is 70.0 Å². The molecule has 37 heavy (non-hydrogen) atoms. The fourth-order valence-corrected chi connectivity index (χ4v) is 4.63. The summed E-state index contributed by atoms with van der Waals surface area (Å²) in [6.45, 7) is 0. The molecule has 7 aromatic rings. The molecule has 0 saturated carbocycles. The van der Waals surface area contributed by atoms with Gasteiger partial charge >= 0.3 is 0 Å². The van der Waals surface area contributed by atoms with Gasteiger partial charge in [-0.05, 0) is 30.3 Å². The van der Waals surface area contributed by atoms with Gasteiger partial charge in [-0.2, -0.15) is 0 Å². The second-order valence-electron chi connectivity index (χ2n) is 7.81. The second kappa shape index (κ2) is 11.3. The summed E-state index contributed by atoms with van der Waals surface area (Å²) >= 11 is 9.42. The van der Waals surface area contributed by atoms with E-state index < -0.39 is 0 Å². The van der Waals surface area contributed by atoms with E-state index in [0.717, 1.165) is 59.9 Å². The highest BCUT2D eigenvalue weighted by molar-refractivity contribution is 9.10. The van der Waals surface area contributed by atoms with Crippen molar-refractivity contribution in [2.24, 2.45) is 0 Å². The van der Waals surface area contributed by atoms with E-state index in [2.05, 4.69) is 57.2 Å². The number of aromatic amines is 2. The van der Waals surface area contributed by atoms with Crippen molar-refractivity contribution >= 4 is 108 Å². The number of hydrogen-bond donors (Lipinski definition) is 3. The van der Waals surface area contributed by atoms with Gasteiger partial charge in [0, 0.05) is 32.0 Å². The molecule has 0 saturated heterocycles. The van der Waals surface area contributed by atoms with Crippen molar-refractivity contribution < 1.29 is 0 Å². The molecule has 0 aliphatic rings. The van der Waals surface area contributed by atoms with Gasteiger partial charge in [0.1, 0.15) is 34.7 Å². The van der Waals surface area contributed by atoms with E-state index in [4.69, 9.17) is 11.6 Å². The van der Waals surface area contributed by atoms with Crippen LogP contribution >= 0.6 is 52.3 Å². The molecular weight excluding hydrogens is 597 g/mol. The average Bonchev–Trinajstić information content (AvgIpc) is 3.45. The molecule has 7 rings (SSSR count). The van der Waals surface area contributed by atoms with Gasteiger partial charge in [-0.15, -0.1) is 24.8 Å². The Morgan fingerprint density at radius 2 is 1.27 bits per heavy atom. The van der Waals surface area contributed by atoms with Crippen molar-refractivity contribution in [1.29, 1.82) is 0 Å². The van der Waals surface area contributed by atoms with Crippen molar-refractivity contribution in [3.63, 3.8) is 0 Å². The molecule has 4 heterocycles. The summed E-state index contributed by atoms with van der Waals surface area (Å²) in [5.41, 5.74) is 6.59. The Kier molecular flexibility index (Phi) is 8.14. The number of para-hydroxylation sites is 2. The maximum atomic E-state index is 5.95. The molecule has 3 N–H and O–H groups in total. The van der Waals surface area contributed by atoms with Crippen LogP contribution in [0.25, 0.3) is 43.9 Å². The van der Waals surface area contributed by atoms with Crippen molar-refractivity contribution in [2.45, 2.75) is 0 Å². The van der Waals surface area contributed by atoms with Gasteiger partial charge in [0.2, 0.25) is 0 Å². The number of nitrogens with zero attached hydrogens (tertiary/aromatic N) is 4. The summed E-state index contributed by atoms with van der Waals surface area (Å²) in [6.07, 6.45) is 3.06. The minimum atomic E-state index is 0. The van der Waals surface area contributed by atoms with Crippen LogP contribution in [0.3, 0.4) is 0 Å². The monoisotopic (exact) mass is 613 g/mol. The van der Waals surface area contributed by atoms with Crippen LogP contribution in [0.1, 0.15) is 0 Å². The van der Waals surface area contributed by atoms with Crippen molar-refractivity contribution in [2.75, 3.05) is 5.32 Å². The van der Waals surface area contributed by atoms with Gasteiger partial charge in [-0.25, -0.2) is 19.9 Å². The van der Waals surface area contributed by atoms with Crippen LogP contribution in [0.2, 0.25) is 5.15 Å². The summed E-state index contributed by atoms with van der Waals surface area (Å²) in [5, 5.41) is 5.98. The Balaban J connectivity index is 0.000000176. The highest BCUT2D eigenvalue weighted by Crippen LogP contribution is 2.29. The maximum absolute atomic E-state index is 5.95. The molecule has 0 radical (unpaired) electrons. The topological polar surface area (TPSA) is 95.2 Å². The normalized spacial score (nSPS) is 10.5. The molecule has 0 aliphatic heterocycles. The third-order valence-corrected chi connectivity index (χ3v) is 6.40. The van der Waals surface area contributed by atoms with E-state index in [1.54, 1.807) is 6.33 Å². The summed E-state index contributed by atoms with van der Waals surface area (Å²) in [4.78, 5) is 23.5. The Bertz CT molecular complexity index is 1830. The van der Waals surface area contributed by atoms with E-state index in [9.17, 15) is 0 Å². The van der Waals surface area contributed by atoms with Crippen LogP contribution in [0.5, 0.6) is 0 Å². The molecule has 4 aromatic heterocycles. The van der Waals surface area contributed by atoms with E-state index in [1.165, 1.54) is 6.33 Å². The molecule has 0 amide bonds. The lowest BCUT2D eigenvalue weighted by molar-refractivity contribution is 1.22. The summed E-state index contributed by atoms with van der Waals surface area (Å²) in [7, 11) is 0. The molecule has 0 unspecified atom stereocenters. The van der Waals surface area contributed by atoms with Crippen LogP contribution < -0.4 is 5.32 Å². The van der Waals surface area contributed by atoms with Crippen LogP contribution in [0, 0.1) is 0 Å². The minimum Gasteiger partial charge on any atom is -0.351 e. The zero-order chi connectivity index (χ0) is 23.8. The molecule has 0 aliphatic carbocycles. The van der Waals surface area contributed by atoms with Gasteiger partial charge in [0.25, 0.3) is 0 Å². The third-order valence-electron chi connectivity index (χ3n) is 5.62. The number of fused-ring (bicyclic) bond motifs is 6. The van der Waals surface area contributed by atoms with Gasteiger partial charge in [0.05, 0.1) is 0 Å². The Morgan fingerprint density at radius 3 is 1.95 bits per heavy atom. The second-order valence-corrected chi connectivity index (χ2v) is 9.08. The van der Waals surface area contributed by atoms with Crippen molar-refractivity contribution in [1.82, 2.24) is 29.9 Å². The first-order valence-electron chi connectivity index (χ1n) is 10.8. The average molecular weight is 616 g/mol. The first-order valence-corrected chi connectivity index (χ1v) is 12.0. The van der Waals surface area contributed by atoms with Crippen molar-refractivity contribution in [3.05, 3.63) is 95.1 Å². The standard InChI is InChI=1S/C16H11BrN4.C10H6ClN3.2ClH/c17-10-4-3-5-11(8-10)20-16-15-14(18-9-19-16)12-6-1-2-7-13(12)21-15;11-10-9-8(12-5-13-10)6-3-1-2-4-7(6)14-9;;/h1-9,21H,(H,18,19,20);1-5,14H;2*1H. The van der Waals surface area contributed by atoms with Crippen LogP contribution in [-0.2, 0) is 0 Å². The van der Waals surface area contributed by atoms with E-state index in [1.807, 2.05) is 66.7 Å². The minimum absolute atomic E-state index is 0. The molecule has 186 valence electrons. The smallest absolute Gasteiger partial charge is 0.158 e. The lowest BCUT2D eigenvalue weighted by atomic mass is 10.2. The first kappa shape index (κ1) is 26.6. The number of rotatable bonds is 2. The number of nitrogens with one attached hydrogen (secondary N) is 3. The molecule has 0 spiro atoms. The summed E-state index contributed by atoms with van der Waals surface area (Å²) in [6, 6.07) is 24.1. The summed E-state index contributed by atoms with van der Waals surface area (Å²) < 4.78 is 1.02. The van der Waals surface area contributed by atoms with Gasteiger partial charge in [0.15, 0.2) is 11.0 Å². The van der Waals surface area contributed by atoms with Crippen LogP contribution in [0.15, 0.2) is 89.9 Å². The fourth-order valence-electron chi connectivity index (χ4n) is 4.05. The molecular formula is C26H19BrCl3N7. The molecule has 7 nitrogen and oxygen atoms in total. The molecule has 0 bridgehead atoms. The van der Waals surface area contributed by atoms with Crippen LogP contribution in [-0.4, -0.2) is 29.9 Å². The highest BCUT2D eigenvalue weighted by atomic mass is 79.9. The lowest BCUT2D eigenvalue weighted by Gasteiger charge is -2.06. The van der Waals surface area contributed by atoms with Gasteiger partial charge < -0.3 is 15.3 Å². The SMILES string of the molecule is Brc1cccc(Nc2ncnc3c2[nH]c2ccccc23)c1.Cl.Cl.Clc1ncnc2c1[nH]c1ccccc12. The predicted octanol–water partition coefficient (Wildman–Crippen LogP) is 8.23. The van der Waals surface area contributed by atoms with E-state index in [-0.39, 0.29) is 24.8 Å². The fraction of sp³-hybridized carbons (Fsp3) is 0. The van der Waals surface area contributed by atoms with Gasteiger partial charge in [-0.3, -0.25) is 0 Å². The van der Waals surface area contributed by atoms with E-state index in [0.29, 0.717) is 5.15 Å². The Morgan fingerprint density at radius 1 is 0.676 bits per heavy atom. The number of hydrogen-bond acceptors (Lipinski definition) is 5. The zero-order valence-electron chi connectivity index (χ0n) is 18.9. The maximum Gasteiger partial charge on any atom is 0.158 e. The number of halogens is 4. The van der Waals surface area contributed by atoms with Crippen molar-refractivity contribution in [3.8, 4) is 0 Å². The number of benzene rings is 3. The largest absolute Gasteiger partial charge is 0.351 e. The molecule has 0 atom stereocenters. The van der Waals surface area contributed by atoms with E-state index >= 15 is 0 Å². The Labute approximate surface area is 237 Å².